The fourth-order valence-corrected chi connectivity index (χ4v) is 2.73. The van der Waals surface area contributed by atoms with Gasteiger partial charge in [0.1, 0.15) is 11.9 Å². The van der Waals surface area contributed by atoms with Crippen LogP contribution >= 0.6 is 0 Å². The monoisotopic (exact) mass is 282 g/mol. The van der Waals surface area contributed by atoms with Crippen LogP contribution < -0.4 is 0 Å². The maximum Gasteiger partial charge on any atom is 0.160 e. The van der Waals surface area contributed by atoms with Crippen LogP contribution in [0.5, 0.6) is 0 Å². The zero-order valence-corrected chi connectivity index (χ0v) is 11.5. The van der Waals surface area contributed by atoms with Crippen molar-refractivity contribution in [3.8, 4) is 11.1 Å². The van der Waals surface area contributed by atoms with Crippen LogP contribution in [0.4, 0.5) is 0 Å². The number of hydrogen-bond acceptors (Lipinski definition) is 5. The van der Waals surface area contributed by atoms with E-state index in [9.17, 15) is 5.11 Å². The number of aliphatic hydroxyl groups is 1. The minimum Gasteiger partial charge on any atom is -0.386 e. The molecule has 1 unspecified atom stereocenters. The van der Waals surface area contributed by atoms with Crippen molar-refractivity contribution in [1.29, 1.82) is 0 Å². The van der Waals surface area contributed by atoms with Crippen molar-refractivity contribution >= 4 is 5.65 Å². The summed E-state index contributed by atoms with van der Waals surface area (Å²) in [4.78, 5) is 4.26. The Labute approximate surface area is 121 Å². The number of rotatable bonds is 1. The van der Waals surface area contributed by atoms with E-state index in [4.69, 9.17) is 4.74 Å². The van der Waals surface area contributed by atoms with Gasteiger partial charge in [0, 0.05) is 35.3 Å². The van der Waals surface area contributed by atoms with Crippen molar-refractivity contribution in [1.82, 2.24) is 19.6 Å². The second kappa shape index (κ2) is 4.61. The molecule has 0 fully saturated rings. The number of nitrogens with zero attached hydrogens (tertiary/aromatic N) is 4. The molecule has 4 heterocycles. The van der Waals surface area contributed by atoms with Gasteiger partial charge in [0.05, 0.1) is 13.2 Å². The molecule has 0 saturated heterocycles. The quantitative estimate of drug-likeness (QED) is 0.735. The first-order valence-corrected chi connectivity index (χ1v) is 6.78. The largest absolute Gasteiger partial charge is 0.386 e. The van der Waals surface area contributed by atoms with Crippen LogP contribution in [0.15, 0.2) is 30.7 Å². The SMILES string of the molecule is Cc1nnc2ccc(-c3cncc4c3COCC4O)cn12. The summed E-state index contributed by atoms with van der Waals surface area (Å²) < 4.78 is 7.40. The van der Waals surface area contributed by atoms with Crippen molar-refractivity contribution in [2.24, 2.45) is 0 Å². The molecule has 0 bridgehead atoms. The molecule has 6 nitrogen and oxygen atoms in total. The third-order valence-electron chi connectivity index (χ3n) is 3.86. The molecule has 6 heteroatoms. The van der Waals surface area contributed by atoms with Gasteiger partial charge in [0.15, 0.2) is 5.65 Å². The van der Waals surface area contributed by atoms with Crippen molar-refractivity contribution < 1.29 is 9.84 Å². The summed E-state index contributed by atoms with van der Waals surface area (Å²) in [5.41, 5.74) is 4.63. The van der Waals surface area contributed by atoms with Crippen LogP contribution in [0, 0.1) is 6.92 Å². The van der Waals surface area contributed by atoms with Crippen LogP contribution in [-0.4, -0.2) is 31.3 Å². The lowest BCUT2D eigenvalue weighted by Crippen LogP contribution is -2.17. The van der Waals surface area contributed by atoms with Gasteiger partial charge >= 0.3 is 0 Å². The van der Waals surface area contributed by atoms with Crippen LogP contribution in [0.3, 0.4) is 0 Å². The van der Waals surface area contributed by atoms with Crippen LogP contribution in [0.1, 0.15) is 23.1 Å². The van der Waals surface area contributed by atoms with Gasteiger partial charge in [-0.25, -0.2) is 0 Å². The maximum absolute atomic E-state index is 10.0. The van der Waals surface area contributed by atoms with Gasteiger partial charge in [0.2, 0.25) is 0 Å². The highest BCUT2D eigenvalue weighted by Gasteiger charge is 2.22. The Morgan fingerprint density at radius 3 is 3.10 bits per heavy atom. The Morgan fingerprint density at radius 1 is 1.29 bits per heavy atom. The average Bonchev–Trinajstić information content (AvgIpc) is 2.88. The predicted molar refractivity (Wildman–Crippen MR) is 75.6 cm³/mol. The second-order valence-corrected chi connectivity index (χ2v) is 5.18. The predicted octanol–water partition coefficient (Wildman–Crippen LogP) is 1.66. The summed E-state index contributed by atoms with van der Waals surface area (Å²) in [6.07, 6.45) is 4.90. The number of aromatic nitrogens is 4. The second-order valence-electron chi connectivity index (χ2n) is 5.18. The summed E-state index contributed by atoms with van der Waals surface area (Å²) >= 11 is 0. The minimum absolute atomic E-state index is 0.321. The Kier molecular flexibility index (Phi) is 2.73. The molecule has 0 radical (unpaired) electrons. The van der Waals surface area contributed by atoms with E-state index in [0.717, 1.165) is 33.7 Å². The first kappa shape index (κ1) is 12.4. The average molecular weight is 282 g/mol. The molecule has 0 saturated carbocycles. The number of ether oxygens (including phenoxy) is 1. The Balaban J connectivity index is 1.92. The summed E-state index contributed by atoms with van der Waals surface area (Å²) in [5, 5.41) is 18.2. The van der Waals surface area contributed by atoms with Gasteiger partial charge in [0.25, 0.3) is 0 Å². The number of aliphatic hydroxyl groups excluding tert-OH is 1. The van der Waals surface area contributed by atoms with E-state index < -0.39 is 6.10 Å². The standard InChI is InChI=1S/C15H14N4O2/c1-9-17-18-15-3-2-10(6-19(9)15)11-4-16-5-12-13(11)7-21-8-14(12)20/h2-6,14,20H,7-8H2,1H3. The zero-order chi connectivity index (χ0) is 14.4. The van der Waals surface area contributed by atoms with E-state index in [-0.39, 0.29) is 0 Å². The lowest BCUT2D eigenvalue weighted by molar-refractivity contribution is 0.00981. The topological polar surface area (TPSA) is 72.5 Å². The van der Waals surface area contributed by atoms with Gasteiger partial charge in [-0.1, -0.05) is 0 Å². The smallest absolute Gasteiger partial charge is 0.160 e. The first-order chi connectivity index (χ1) is 10.2. The van der Waals surface area contributed by atoms with E-state index in [1.807, 2.05) is 29.7 Å². The van der Waals surface area contributed by atoms with E-state index >= 15 is 0 Å². The Bertz CT molecular complexity index is 828. The molecule has 21 heavy (non-hydrogen) atoms. The normalized spacial score (nSPS) is 17.9. The molecule has 1 atom stereocenters. The lowest BCUT2D eigenvalue weighted by atomic mass is 9.95. The van der Waals surface area contributed by atoms with E-state index in [2.05, 4.69) is 15.2 Å². The Morgan fingerprint density at radius 2 is 2.19 bits per heavy atom. The summed E-state index contributed by atoms with van der Waals surface area (Å²) in [6, 6.07) is 3.91. The van der Waals surface area contributed by atoms with E-state index in [0.29, 0.717) is 13.2 Å². The minimum atomic E-state index is -0.610. The van der Waals surface area contributed by atoms with E-state index in [1.165, 1.54) is 0 Å². The highest BCUT2D eigenvalue weighted by atomic mass is 16.5. The molecule has 3 aromatic rings. The molecule has 1 aliphatic heterocycles. The molecular weight excluding hydrogens is 268 g/mol. The molecule has 3 aromatic heterocycles. The number of pyridine rings is 2. The van der Waals surface area contributed by atoms with Crippen molar-refractivity contribution in [2.75, 3.05) is 6.61 Å². The van der Waals surface area contributed by atoms with E-state index in [1.54, 1.807) is 12.4 Å². The molecule has 0 aliphatic carbocycles. The van der Waals surface area contributed by atoms with Gasteiger partial charge in [-0.05, 0) is 24.6 Å². The third kappa shape index (κ3) is 1.91. The highest BCUT2D eigenvalue weighted by Crippen LogP contribution is 2.32. The van der Waals surface area contributed by atoms with Crippen LogP contribution in [0.25, 0.3) is 16.8 Å². The van der Waals surface area contributed by atoms with Gasteiger partial charge in [-0.15, -0.1) is 10.2 Å². The molecule has 0 amide bonds. The van der Waals surface area contributed by atoms with Gasteiger partial charge < -0.3 is 9.84 Å². The number of fused-ring (bicyclic) bond motifs is 2. The summed E-state index contributed by atoms with van der Waals surface area (Å²) in [6.45, 7) is 2.72. The number of hydrogen-bond donors (Lipinski definition) is 1. The molecule has 4 rings (SSSR count). The van der Waals surface area contributed by atoms with Gasteiger partial charge in [-0.2, -0.15) is 0 Å². The first-order valence-electron chi connectivity index (χ1n) is 6.78. The third-order valence-corrected chi connectivity index (χ3v) is 3.86. The van der Waals surface area contributed by atoms with Crippen LogP contribution in [0.2, 0.25) is 0 Å². The highest BCUT2D eigenvalue weighted by molar-refractivity contribution is 5.68. The lowest BCUT2D eigenvalue weighted by Gasteiger charge is -2.23. The molecule has 1 N–H and O–H groups in total. The maximum atomic E-state index is 10.0. The van der Waals surface area contributed by atoms with Crippen molar-refractivity contribution in [3.05, 3.63) is 47.7 Å². The summed E-state index contributed by atoms with van der Waals surface area (Å²) in [7, 11) is 0. The fraction of sp³-hybridized carbons (Fsp3) is 0.267. The zero-order valence-electron chi connectivity index (χ0n) is 11.5. The van der Waals surface area contributed by atoms with Crippen molar-refractivity contribution in [3.63, 3.8) is 0 Å². The number of aryl methyl sites for hydroxylation is 1. The van der Waals surface area contributed by atoms with Crippen LogP contribution in [-0.2, 0) is 11.3 Å². The fourth-order valence-electron chi connectivity index (χ4n) is 2.73. The van der Waals surface area contributed by atoms with Gasteiger partial charge in [-0.3, -0.25) is 9.38 Å². The molecule has 0 spiro atoms. The van der Waals surface area contributed by atoms with Crippen molar-refractivity contribution in [2.45, 2.75) is 19.6 Å². The summed E-state index contributed by atoms with van der Waals surface area (Å²) in [5.74, 6) is 0.834. The molecule has 0 aromatic carbocycles. The Hall–Kier alpha value is -2.31. The molecule has 106 valence electrons. The molecular formula is C15H14N4O2. The molecule has 1 aliphatic rings.